The third-order valence-electron chi connectivity index (χ3n) is 3.10. The highest BCUT2D eigenvalue weighted by Crippen LogP contribution is 2.30. The highest BCUT2D eigenvalue weighted by Gasteiger charge is 2.29. The van der Waals surface area contributed by atoms with Gasteiger partial charge >= 0.3 is 5.97 Å². The van der Waals surface area contributed by atoms with Gasteiger partial charge in [0, 0.05) is 17.3 Å². The molecule has 102 valence electrons. The zero-order valence-electron chi connectivity index (χ0n) is 11.2. The van der Waals surface area contributed by atoms with Crippen molar-refractivity contribution in [2.24, 2.45) is 5.92 Å². The molecule has 0 saturated heterocycles. The number of anilines is 2. The van der Waals surface area contributed by atoms with Gasteiger partial charge in [0.2, 0.25) is 5.91 Å². The summed E-state index contributed by atoms with van der Waals surface area (Å²) in [6.45, 7) is 2.05. The summed E-state index contributed by atoms with van der Waals surface area (Å²) in [5.74, 6) is -0.0811. The maximum absolute atomic E-state index is 11.7. The molecule has 0 bridgehead atoms. The van der Waals surface area contributed by atoms with Crippen LogP contribution in [0.3, 0.4) is 0 Å². The summed E-state index contributed by atoms with van der Waals surface area (Å²) in [6.07, 6.45) is 1.95. The number of methoxy groups -OCH3 is 1. The Hall–Kier alpha value is -2.04. The molecule has 1 saturated carbocycles. The van der Waals surface area contributed by atoms with Gasteiger partial charge in [0.1, 0.15) is 6.54 Å². The molecule has 0 unspecified atom stereocenters. The molecule has 0 aromatic heterocycles. The van der Waals surface area contributed by atoms with Crippen molar-refractivity contribution in [1.29, 1.82) is 0 Å². The molecule has 2 N–H and O–H groups in total. The zero-order valence-corrected chi connectivity index (χ0v) is 11.2. The van der Waals surface area contributed by atoms with Crippen LogP contribution in [0.4, 0.5) is 11.4 Å². The Balaban J connectivity index is 2.01. The van der Waals surface area contributed by atoms with E-state index >= 15 is 0 Å². The molecule has 1 amide bonds. The predicted octanol–water partition coefficient (Wildman–Crippen LogP) is 1.93. The summed E-state index contributed by atoms with van der Waals surface area (Å²) in [5.41, 5.74) is 2.57. The van der Waals surface area contributed by atoms with Gasteiger partial charge in [-0.1, -0.05) is 6.07 Å². The quantitative estimate of drug-likeness (QED) is 0.796. The molecule has 0 aliphatic heterocycles. The van der Waals surface area contributed by atoms with E-state index in [-0.39, 0.29) is 24.3 Å². The third-order valence-corrected chi connectivity index (χ3v) is 3.10. The average molecular weight is 262 g/mol. The number of carbonyl (C=O) groups excluding carboxylic acids is 2. The number of amides is 1. The third kappa shape index (κ3) is 3.71. The van der Waals surface area contributed by atoms with E-state index in [4.69, 9.17) is 0 Å². The summed E-state index contributed by atoms with van der Waals surface area (Å²) in [7, 11) is 1.35. The first-order chi connectivity index (χ1) is 9.10. The van der Waals surface area contributed by atoms with E-state index in [1.54, 1.807) is 0 Å². The van der Waals surface area contributed by atoms with Crippen molar-refractivity contribution in [1.82, 2.24) is 0 Å². The minimum atomic E-state index is -0.327. The lowest BCUT2D eigenvalue weighted by atomic mass is 10.1. The molecular formula is C14H18N2O3. The Morgan fingerprint density at radius 1 is 1.37 bits per heavy atom. The normalized spacial score (nSPS) is 13.8. The van der Waals surface area contributed by atoms with Gasteiger partial charge in [-0.15, -0.1) is 0 Å². The number of hydrogen-bond donors (Lipinski definition) is 2. The largest absolute Gasteiger partial charge is 0.468 e. The van der Waals surface area contributed by atoms with Crippen LogP contribution in [0.25, 0.3) is 0 Å². The van der Waals surface area contributed by atoms with E-state index in [2.05, 4.69) is 15.4 Å². The van der Waals surface area contributed by atoms with Crippen molar-refractivity contribution in [2.75, 3.05) is 24.3 Å². The van der Waals surface area contributed by atoms with Crippen molar-refractivity contribution in [3.8, 4) is 0 Å². The Labute approximate surface area is 112 Å². The number of esters is 1. The molecule has 1 fully saturated rings. The Morgan fingerprint density at radius 2 is 2.11 bits per heavy atom. The summed E-state index contributed by atoms with van der Waals surface area (Å²) in [5, 5.41) is 5.87. The second-order valence-electron chi connectivity index (χ2n) is 4.72. The molecular weight excluding hydrogens is 244 g/mol. The van der Waals surface area contributed by atoms with E-state index in [1.807, 2.05) is 25.1 Å². The summed E-state index contributed by atoms with van der Waals surface area (Å²) >= 11 is 0. The molecule has 1 aliphatic rings. The molecule has 1 aliphatic carbocycles. The van der Waals surface area contributed by atoms with Crippen LogP contribution >= 0.6 is 0 Å². The molecule has 1 aromatic rings. The number of aryl methyl sites for hydroxylation is 1. The standard InChI is InChI=1S/C14H18N2O3/c1-9-3-6-11(16-14(18)10-4-5-10)7-12(9)15-8-13(17)19-2/h3,6-7,10,15H,4-5,8H2,1-2H3,(H,16,18). The average Bonchev–Trinajstić information content (AvgIpc) is 3.23. The van der Waals surface area contributed by atoms with Crippen molar-refractivity contribution in [3.05, 3.63) is 23.8 Å². The molecule has 5 nitrogen and oxygen atoms in total. The fourth-order valence-corrected chi connectivity index (χ4v) is 1.72. The molecule has 5 heteroatoms. The van der Waals surface area contributed by atoms with E-state index < -0.39 is 0 Å². The van der Waals surface area contributed by atoms with Gasteiger partial charge in [0.15, 0.2) is 0 Å². The van der Waals surface area contributed by atoms with Gasteiger partial charge < -0.3 is 15.4 Å². The fraction of sp³-hybridized carbons (Fsp3) is 0.429. The lowest BCUT2D eigenvalue weighted by molar-refractivity contribution is -0.138. The minimum Gasteiger partial charge on any atom is -0.468 e. The topological polar surface area (TPSA) is 67.4 Å². The fourth-order valence-electron chi connectivity index (χ4n) is 1.72. The second kappa shape index (κ2) is 5.73. The van der Waals surface area contributed by atoms with Crippen LogP contribution in [0.1, 0.15) is 18.4 Å². The van der Waals surface area contributed by atoms with E-state index in [0.29, 0.717) is 0 Å². The summed E-state index contributed by atoms with van der Waals surface area (Å²) < 4.78 is 4.58. The maximum Gasteiger partial charge on any atom is 0.325 e. The first-order valence-corrected chi connectivity index (χ1v) is 6.32. The number of carbonyl (C=O) groups is 2. The SMILES string of the molecule is COC(=O)CNc1cc(NC(=O)C2CC2)ccc1C. The Bertz CT molecular complexity index is 495. The highest BCUT2D eigenvalue weighted by molar-refractivity contribution is 5.94. The molecule has 2 rings (SSSR count). The van der Waals surface area contributed by atoms with Crippen molar-refractivity contribution < 1.29 is 14.3 Å². The summed E-state index contributed by atoms with van der Waals surface area (Å²) in [6, 6.07) is 5.60. The molecule has 0 radical (unpaired) electrons. The first kappa shape index (κ1) is 13.4. The van der Waals surface area contributed by atoms with E-state index in [0.717, 1.165) is 29.8 Å². The van der Waals surface area contributed by atoms with Crippen LogP contribution < -0.4 is 10.6 Å². The molecule has 1 aromatic carbocycles. The molecule has 19 heavy (non-hydrogen) atoms. The molecule has 0 atom stereocenters. The molecule has 0 heterocycles. The second-order valence-corrected chi connectivity index (χ2v) is 4.72. The number of ether oxygens (including phenoxy) is 1. The van der Waals surface area contributed by atoms with Crippen LogP contribution in [-0.2, 0) is 14.3 Å². The molecule has 0 spiro atoms. The monoisotopic (exact) mass is 262 g/mol. The number of hydrogen-bond acceptors (Lipinski definition) is 4. The maximum atomic E-state index is 11.7. The van der Waals surface area contributed by atoms with Gasteiger partial charge in [0.25, 0.3) is 0 Å². The van der Waals surface area contributed by atoms with Crippen LogP contribution in [0.2, 0.25) is 0 Å². The van der Waals surface area contributed by atoms with Gasteiger partial charge in [-0.25, -0.2) is 0 Å². The van der Waals surface area contributed by atoms with Crippen molar-refractivity contribution in [3.63, 3.8) is 0 Å². The van der Waals surface area contributed by atoms with Crippen LogP contribution in [0.5, 0.6) is 0 Å². The van der Waals surface area contributed by atoms with Crippen LogP contribution in [0, 0.1) is 12.8 Å². The lowest BCUT2D eigenvalue weighted by Crippen LogP contribution is -2.16. The zero-order chi connectivity index (χ0) is 13.8. The van der Waals surface area contributed by atoms with Gasteiger partial charge in [-0.2, -0.15) is 0 Å². The predicted molar refractivity (Wildman–Crippen MR) is 73.0 cm³/mol. The van der Waals surface area contributed by atoms with Gasteiger partial charge in [-0.3, -0.25) is 9.59 Å². The number of nitrogens with one attached hydrogen (secondary N) is 2. The lowest BCUT2D eigenvalue weighted by Gasteiger charge is -2.11. The van der Waals surface area contributed by atoms with Crippen LogP contribution in [0.15, 0.2) is 18.2 Å². The van der Waals surface area contributed by atoms with Crippen molar-refractivity contribution >= 4 is 23.3 Å². The van der Waals surface area contributed by atoms with Gasteiger partial charge in [0.05, 0.1) is 7.11 Å². The first-order valence-electron chi connectivity index (χ1n) is 6.32. The smallest absolute Gasteiger partial charge is 0.325 e. The Morgan fingerprint density at radius 3 is 2.74 bits per heavy atom. The number of rotatable bonds is 5. The highest BCUT2D eigenvalue weighted by atomic mass is 16.5. The minimum absolute atomic E-state index is 0.0720. The van der Waals surface area contributed by atoms with Gasteiger partial charge in [-0.05, 0) is 37.5 Å². The van der Waals surface area contributed by atoms with Crippen LogP contribution in [-0.4, -0.2) is 25.5 Å². The van der Waals surface area contributed by atoms with Crippen molar-refractivity contribution in [2.45, 2.75) is 19.8 Å². The summed E-state index contributed by atoms with van der Waals surface area (Å²) in [4.78, 5) is 22.8. The number of benzene rings is 1. The van der Waals surface area contributed by atoms with E-state index in [1.165, 1.54) is 7.11 Å². The Kier molecular flexibility index (Phi) is 4.04. The van der Waals surface area contributed by atoms with E-state index in [9.17, 15) is 9.59 Å².